The Bertz CT molecular complexity index is 529. The molecule has 4 N–H and O–H groups in total. The van der Waals surface area contributed by atoms with E-state index in [1.54, 1.807) is 7.11 Å². The first-order valence-electron chi connectivity index (χ1n) is 9.00. The molecule has 0 amide bonds. The molecule has 2 atom stereocenters. The van der Waals surface area contributed by atoms with Crippen LogP contribution in [0, 0.1) is 0 Å². The summed E-state index contributed by atoms with van der Waals surface area (Å²) in [6.45, 7) is 6.93. The minimum atomic E-state index is -0.0930. The summed E-state index contributed by atoms with van der Waals surface area (Å²) in [5, 5.41) is 6.95. The second kappa shape index (κ2) is 9.75. The third kappa shape index (κ3) is 6.30. The Morgan fingerprint density at radius 3 is 2.60 bits per heavy atom. The minimum Gasteiger partial charge on any atom is -0.383 e. The van der Waals surface area contributed by atoms with Crippen LogP contribution < -0.4 is 16.4 Å². The zero-order valence-corrected chi connectivity index (χ0v) is 15.6. The Morgan fingerprint density at radius 1 is 1.28 bits per heavy atom. The van der Waals surface area contributed by atoms with Crippen molar-refractivity contribution >= 4 is 5.96 Å². The predicted octanol–water partition coefficient (Wildman–Crippen LogP) is 1.83. The molecule has 25 heavy (non-hydrogen) atoms. The number of nitrogens with zero attached hydrogens (tertiary/aromatic N) is 1. The smallest absolute Gasteiger partial charge is 0.188 e. The van der Waals surface area contributed by atoms with Gasteiger partial charge in [-0.15, -0.1) is 0 Å². The maximum atomic E-state index is 6.05. The second-order valence-corrected chi connectivity index (χ2v) is 6.87. The van der Waals surface area contributed by atoms with Crippen molar-refractivity contribution in [2.24, 2.45) is 10.7 Å². The van der Waals surface area contributed by atoms with Crippen molar-refractivity contribution in [1.82, 2.24) is 10.6 Å². The van der Waals surface area contributed by atoms with Crippen molar-refractivity contribution in [3.05, 3.63) is 35.9 Å². The summed E-state index contributed by atoms with van der Waals surface area (Å²) in [6.07, 6.45) is 1.85. The zero-order chi connectivity index (χ0) is 18.1. The molecule has 1 aliphatic rings. The normalized spacial score (nSPS) is 20.0. The number of rotatable bonds is 8. The van der Waals surface area contributed by atoms with Crippen molar-refractivity contribution in [3.63, 3.8) is 0 Å². The largest absolute Gasteiger partial charge is 0.383 e. The Morgan fingerprint density at radius 2 is 1.96 bits per heavy atom. The highest BCUT2D eigenvalue weighted by atomic mass is 16.5. The van der Waals surface area contributed by atoms with Crippen molar-refractivity contribution in [3.8, 4) is 0 Å². The van der Waals surface area contributed by atoms with E-state index in [0.29, 0.717) is 19.1 Å². The van der Waals surface area contributed by atoms with Gasteiger partial charge in [-0.1, -0.05) is 30.3 Å². The highest BCUT2D eigenvalue weighted by molar-refractivity contribution is 5.78. The Balaban J connectivity index is 2.02. The highest BCUT2D eigenvalue weighted by Gasteiger charge is 2.33. The first-order chi connectivity index (χ1) is 12.0. The van der Waals surface area contributed by atoms with Gasteiger partial charge in [-0.25, -0.2) is 0 Å². The summed E-state index contributed by atoms with van der Waals surface area (Å²) in [5.41, 5.74) is 7.23. The molecular formula is C19H32N4O2. The molecule has 0 aliphatic carbocycles. The summed E-state index contributed by atoms with van der Waals surface area (Å²) in [5.74, 6) is 0.463. The van der Waals surface area contributed by atoms with Crippen LogP contribution in [-0.2, 0) is 9.47 Å². The van der Waals surface area contributed by atoms with Gasteiger partial charge < -0.3 is 25.8 Å². The number of nitrogens with one attached hydrogen (secondary N) is 2. The van der Waals surface area contributed by atoms with Crippen LogP contribution in [0.25, 0.3) is 0 Å². The van der Waals surface area contributed by atoms with Crippen molar-refractivity contribution in [1.29, 1.82) is 0 Å². The van der Waals surface area contributed by atoms with Crippen molar-refractivity contribution in [2.75, 3.05) is 33.5 Å². The molecule has 1 aliphatic heterocycles. The quantitative estimate of drug-likeness (QED) is 0.493. The molecule has 2 unspecified atom stereocenters. The van der Waals surface area contributed by atoms with Crippen LogP contribution in [-0.4, -0.2) is 51.0 Å². The summed E-state index contributed by atoms with van der Waals surface area (Å²) >= 11 is 0. The van der Waals surface area contributed by atoms with E-state index in [1.165, 1.54) is 5.56 Å². The average molecular weight is 348 g/mol. The number of hydrogen-bond donors (Lipinski definition) is 3. The van der Waals surface area contributed by atoms with Gasteiger partial charge in [0.2, 0.25) is 0 Å². The molecule has 0 aromatic heterocycles. The molecule has 1 aromatic carbocycles. The van der Waals surface area contributed by atoms with Gasteiger partial charge >= 0.3 is 0 Å². The molecule has 140 valence electrons. The maximum absolute atomic E-state index is 6.05. The first-order valence-corrected chi connectivity index (χ1v) is 9.00. The monoisotopic (exact) mass is 348 g/mol. The third-order valence-electron chi connectivity index (χ3n) is 4.64. The van der Waals surface area contributed by atoms with E-state index in [4.69, 9.17) is 15.2 Å². The fourth-order valence-corrected chi connectivity index (χ4v) is 3.22. The van der Waals surface area contributed by atoms with E-state index in [0.717, 1.165) is 26.1 Å². The SMILES string of the molecule is COCC(C)NC(N)=NCC1(NC(C)c2ccccc2)CCOCC1. The van der Waals surface area contributed by atoms with Crippen molar-refractivity contribution < 1.29 is 9.47 Å². The number of aliphatic imine (C=N–C) groups is 1. The molecule has 0 saturated carbocycles. The molecule has 1 fully saturated rings. The predicted molar refractivity (Wildman–Crippen MR) is 102 cm³/mol. The van der Waals surface area contributed by atoms with E-state index < -0.39 is 0 Å². The standard InChI is InChI=1S/C19H32N4O2/c1-15(13-24-3)22-18(20)21-14-19(9-11-25-12-10-19)23-16(2)17-7-5-4-6-8-17/h4-8,15-16,23H,9-14H2,1-3H3,(H3,20,21,22). The number of benzene rings is 1. The fraction of sp³-hybridized carbons (Fsp3) is 0.632. The van der Waals surface area contributed by atoms with Crippen LogP contribution in [0.1, 0.15) is 38.3 Å². The molecule has 0 radical (unpaired) electrons. The summed E-state index contributed by atoms with van der Waals surface area (Å²) in [6, 6.07) is 10.9. The Labute approximate surface area is 151 Å². The summed E-state index contributed by atoms with van der Waals surface area (Å²) < 4.78 is 10.7. The summed E-state index contributed by atoms with van der Waals surface area (Å²) in [4.78, 5) is 4.60. The van der Waals surface area contributed by atoms with Crippen LogP contribution in [0.3, 0.4) is 0 Å². The van der Waals surface area contributed by atoms with Gasteiger partial charge in [0, 0.05) is 37.9 Å². The van der Waals surface area contributed by atoms with Crippen LogP contribution in [0.15, 0.2) is 35.3 Å². The average Bonchev–Trinajstić information content (AvgIpc) is 2.62. The molecule has 2 rings (SSSR count). The lowest BCUT2D eigenvalue weighted by Gasteiger charge is -2.39. The van der Waals surface area contributed by atoms with E-state index in [-0.39, 0.29) is 17.6 Å². The maximum Gasteiger partial charge on any atom is 0.188 e. The van der Waals surface area contributed by atoms with E-state index in [2.05, 4.69) is 46.8 Å². The number of guanidine groups is 1. The second-order valence-electron chi connectivity index (χ2n) is 6.87. The van der Waals surface area contributed by atoms with Gasteiger partial charge in [-0.3, -0.25) is 4.99 Å². The van der Waals surface area contributed by atoms with Crippen LogP contribution >= 0.6 is 0 Å². The number of hydrogen-bond acceptors (Lipinski definition) is 4. The van der Waals surface area contributed by atoms with Crippen LogP contribution in [0.2, 0.25) is 0 Å². The summed E-state index contributed by atoms with van der Waals surface area (Å²) in [7, 11) is 1.68. The van der Waals surface area contributed by atoms with Crippen molar-refractivity contribution in [2.45, 2.75) is 44.3 Å². The van der Waals surface area contributed by atoms with Gasteiger partial charge in [0.05, 0.1) is 13.2 Å². The first kappa shape index (κ1) is 19.7. The van der Waals surface area contributed by atoms with Gasteiger partial charge in [0.25, 0.3) is 0 Å². The van der Waals surface area contributed by atoms with E-state index in [1.807, 2.05) is 13.0 Å². The molecule has 0 bridgehead atoms. The lowest BCUT2D eigenvalue weighted by molar-refractivity contribution is 0.0374. The van der Waals surface area contributed by atoms with Crippen LogP contribution in [0.4, 0.5) is 0 Å². The topological polar surface area (TPSA) is 80.9 Å². The number of methoxy groups -OCH3 is 1. The number of ether oxygens (including phenoxy) is 2. The molecule has 6 nitrogen and oxygen atoms in total. The molecule has 6 heteroatoms. The Kier molecular flexibility index (Phi) is 7.68. The van der Waals surface area contributed by atoms with Gasteiger partial charge in [-0.05, 0) is 32.3 Å². The highest BCUT2D eigenvalue weighted by Crippen LogP contribution is 2.25. The molecule has 1 aromatic rings. The minimum absolute atomic E-state index is 0.0930. The van der Waals surface area contributed by atoms with Crippen LogP contribution in [0.5, 0.6) is 0 Å². The lowest BCUT2D eigenvalue weighted by Crippen LogP contribution is -2.53. The zero-order valence-electron chi connectivity index (χ0n) is 15.6. The molecular weight excluding hydrogens is 316 g/mol. The molecule has 1 saturated heterocycles. The Hall–Kier alpha value is -1.63. The molecule has 0 spiro atoms. The third-order valence-corrected chi connectivity index (χ3v) is 4.64. The van der Waals surface area contributed by atoms with Gasteiger partial charge in [-0.2, -0.15) is 0 Å². The van der Waals surface area contributed by atoms with Gasteiger partial charge in [0.15, 0.2) is 5.96 Å². The van der Waals surface area contributed by atoms with Gasteiger partial charge in [0.1, 0.15) is 0 Å². The fourth-order valence-electron chi connectivity index (χ4n) is 3.22. The lowest BCUT2D eigenvalue weighted by atomic mass is 9.88. The number of nitrogens with two attached hydrogens (primary N) is 1. The van der Waals surface area contributed by atoms with E-state index >= 15 is 0 Å². The molecule has 1 heterocycles. The van der Waals surface area contributed by atoms with E-state index in [9.17, 15) is 0 Å².